The van der Waals surface area contributed by atoms with Gasteiger partial charge in [-0.25, -0.2) is 12.8 Å². The van der Waals surface area contributed by atoms with Crippen molar-refractivity contribution in [3.8, 4) is 5.75 Å². The van der Waals surface area contributed by atoms with Gasteiger partial charge in [-0.05, 0) is 62.1 Å². The highest BCUT2D eigenvalue weighted by Crippen LogP contribution is 2.27. The second-order valence-electron chi connectivity index (χ2n) is 8.63. The third kappa shape index (κ3) is 4.66. The van der Waals surface area contributed by atoms with Gasteiger partial charge in [0.1, 0.15) is 22.6 Å². The van der Waals surface area contributed by atoms with E-state index in [4.69, 9.17) is 4.74 Å². The smallest absolute Gasteiger partial charge is 0.253 e. The minimum Gasteiger partial charge on any atom is -0.490 e. The molecule has 2 heterocycles. The lowest BCUT2D eigenvalue weighted by Gasteiger charge is -2.32. The molecular weight excluding hydrogens is 431 g/mol. The number of nitrogens with zero attached hydrogens (tertiary/aromatic N) is 2. The molecule has 0 atom stereocenters. The van der Waals surface area contributed by atoms with Gasteiger partial charge < -0.3 is 9.64 Å². The van der Waals surface area contributed by atoms with Gasteiger partial charge >= 0.3 is 0 Å². The Morgan fingerprint density at radius 1 is 1.00 bits per heavy atom. The molecule has 0 N–H and O–H groups in total. The SMILES string of the molecule is Cc1ccc(C)c(OC2CCN(C(=O)c3ccc(F)c(S(=O)(=O)N4CCCC4)c3)CC2)c1. The Kier molecular flexibility index (Phi) is 6.53. The van der Waals surface area contributed by atoms with Crippen molar-refractivity contribution in [1.82, 2.24) is 9.21 Å². The third-order valence-electron chi connectivity index (χ3n) is 6.23. The van der Waals surface area contributed by atoms with E-state index in [1.807, 2.05) is 32.0 Å². The van der Waals surface area contributed by atoms with Crippen molar-refractivity contribution in [2.24, 2.45) is 0 Å². The zero-order valence-corrected chi connectivity index (χ0v) is 19.3. The standard InChI is InChI=1S/C24H29FN2O4S/c1-17-5-6-18(2)22(15-17)31-20-9-13-26(14-10-20)24(28)19-7-8-21(25)23(16-19)32(29,30)27-11-3-4-12-27/h5-8,15-16,20H,3-4,9-14H2,1-2H3. The number of amides is 1. The summed E-state index contributed by atoms with van der Waals surface area (Å²) in [6.45, 7) is 5.80. The minimum atomic E-state index is -3.94. The van der Waals surface area contributed by atoms with Gasteiger partial charge in [-0.15, -0.1) is 0 Å². The van der Waals surface area contributed by atoms with Crippen LogP contribution < -0.4 is 4.74 Å². The van der Waals surface area contributed by atoms with Crippen molar-refractivity contribution in [3.05, 3.63) is 58.9 Å². The topological polar surface area (TPSA) is 66.9 Å². The summed E-state index contributed by atoms with van der Waals surface area (Å²) in [4.78, 5) is 14.3. The van der Waals surface area contributed by atoms with Gasteiger partial charge in [0.2, 0.25) is 10.0 Å². The largest absolute Gasteiger partial charge is 0.490 e. The van der Waals surface area contributed by atoms with E-state index < -0.39 is 20.7 Å². The van der Waals surface area contributed by atoms with Gasteiger partial charge in [-0.2, -0.15) is 4.31 Å². The van der Waals surface area contributed by atoms with E-state index in [0.717, 1.165) is 35.8 Å². The van der Waals surface area contributed by atoms with Crippen LogP contribution >= 0.6 is 0 Å². The van der Waals surface area contributed by atoms with Gasteiger partial charge in [0.15, 0.2) is 0 Å². The first-order valence-corrected chi connectivity index (χ1v) is 12.5. The summed E-state index contributed by atoms with van der Waals surface area (Å²) in [5, 5.41) is 0. The Labute approximate surface area is 189 Å². The lowest BCUT2D eigenvalue weighted by atomic mass is 10.1. The molecule has 6 nitrogen and oxygen atoms in total. The van der Waals surface area contributed by atoms with Crippen molar-refractivity contribution < 1.29 is 22.3 Å². The maximum atomic E-state index is 14.4. The van der Waals surface area contributed by atoms with Gasteiger partial charge in [-0.1, -0.05) is 12.1 Å². The predicted molar refractivity (Wildman–Crippen MR) is 120 cm³/mol. The summed E-state index contributed by atoms with van der Waals surface area (Å²) in [6, 6.07) is 9.72. The quantitative estimate of drug-likeness (QED) is 0.679. The molecule has 2 aromatic carbocycles. The summed E-state index contributed by atoms with van der Waals surface area (Å²) in [6.07, 6.45) is 2.90. The molecule has 0 unspecified atom stereocenters. The highest BCUT2D eigenvalue weighted by Gasteiger charge is 2.31. The van der Waals surface area contributed by atoms with Crippen molar-refractivity contribution in [3.63, 3.8) is 0 Å². The fourth-order valence-electron chi connectivity index (χ4n) is 4.27. The number of aryl methyl sites for hydroxylation is 2. The van der Waals surface area contributed by atoms with Crippen LogP contribution in [0.25, 0.3) is 0 Å². The van der Waals surface area contributed by atoms with Crippen LogP contribution in [0.4, 0.5) is 4.39 Å². The van der Waals surface area contributed by atoms with Gasteiger partial charge in [0, 0.05) is 44.6 Å². The first-order chi connectivity index (χ1) is 15.3. The van der Waals surface area contributed by atoms with Crippen molar-refractivity contribution in [2.75, 3.05) is 26.2 Å². The summed E-state index contributed by atoms with van der Waals surface area (Å²) in [7, 11) is -3.94. The van der Waals surface area contributed by atoms with Crippen LogP contribution in [-0.4, -0.2) is 55.8 Å². The summed E-state index contributed by atoms with van der Waals surface area (Å²) < 4.78 is 47.5. The lowest BCUT2D eigenvalue weighted by Crippen LogP contribution is -2.42. The minimum absolute atomic E-state index is 0.0128. The number of likely N-dealkylation sites (tertiary alicyclic amines) is 1. The highest BCUT2D eigenvalue weighted by molar-refractivity contribution is 7.89. The number of hydrogen-bond donors (Lipinski definition) is 0. The van der Waals surface area contributed by atoms with Crippen LogP contribution in [0.15, 0.2) is 41.3 Å². The number of ether oxygens (including phenoxy) is 1. The molecule has 32 heavy (non-hydrogen) atoms. The van der Waals surface area contributed by atoms with Crippen LogP contribution in [0.1, 0.15) is 47.2 Å². The number of carbonyl (C=O) groups is 1. The predicted octanol–water partition coefficient (Wildman–Crippen LogP) is 3.91. The molecule has 2 aliphatic heterocycles. The molecular formula is C24H29FN2O4S. The second kappa shape index (κ2) is 9.19. The van der Waals surface area contributed by atoms with Gasteiger partial charge in [0.05, 0.1) is 0 Å². The highest BCUT2D eigenvalue weighted by atomic mass is 32.2. The fourth-order valence-corrected chi connectivity index (χ4v) is 5.88. The molecule has 2 saturated heterocycles. The van der Waals surface area contributed by atoms with E-state index in [1.165, 1.54) is 16.4 Å². The molecule has 4 rings (SSSR count). The molecule has 0 spiro atoms. The van der Waals surface area contributed by atoms with Crippen molar-refractivity contribution in [1.29, 1.82) is 0 Å². The summed E-state index contributed by atoms with van der Waals surface area (Å²) in [5.74, 6) is -0.243. The van der Waals surface area contributed by atoms with Crippen LogP contribution in [0, 0.1) is 19.7 Å². The van der Waals surface area contributed by atoms with E-state index in [9.17, 15) is 17.6 Å². The van der Waals surface area contributed by atoms with E-state index >= 15 is 0 Å². The molecule has 0 radical (unpaired) electrons. The van der Waals surface area contributed by atoms with Crippen LogP contribution in [0.5, 0.6) is 5.75 Å². The lowest BCUT2D eigenvalue weighted by molar-refractivity contribution is 0.0594. The average molecular weight is 461 g/mol. The van der Waals surface area contributed by atoms with Crippen molar-refractivity contribution >= 4 is 15.9 Å². The number of rotatable bonds is 5. The number of piperidine rings is 1. The maximum Gasteiger partial charge on any atom is 0.253 e. The van der Waals surface area contributed by atoms with Crippen LogP contribution in [0.3, 0.4) is 0 Å². The van der Waals surface area contributed by atoms with E-state index in [0.29, 0.717) is 39.0 Å². The Morgan fingerprint density at radius 2 is 1.69 bits per heavy atom. The molecule has 2 aromatic rings. The Bertz CT molecular complexity index is 1100. The Balaban J connectivity index is 1.44. The average Bonchev–Trinajstić information content (AvgIpc) is 3.32. The number of sulfonamides is 1. The molecule has 0 aliphatic carbocycles. The first kappa shape index (κ1) is 22.7. The molecule has 0 aromatic heterocycles. The van der Waals surface area contributed by atoms with Crippen molar-refractivity contribution in [2.45, 2.75) is 50.5 Å². The zero-order valence-electron chi connectivity index (χ0n) is 18.5. The third-order valence-corrected chi connectivity index (χ3v) is 8.14. The van der Waals surface area contributed by atoms with Crippen LogP contribution in [-0.2, 0) is 10.0 Å². The number of halogens is 1. The molecule has 1 amide bonds. The summed E-state index contributed by atoms with van der Waals surface area (Å²) >= 11 is 0. The first-order valence-electron chi connectivity index (χ1n) is 11.1. The Hall–Kier alpha value is -2.45. The second-order valence-corrected chi connectivity index (χ2v) is 10.5. The van der Waals surface area contributed by atoms with Gasteiger partial charge in [0.25, 0.3) is 5.91 Å². The Morgan fingerprint density at radius 3 is 2.38 bits per heavy atom. The molecule has 0 saturated carbocycles. The fraction of sp³-hybridized carbons (Fsp3) is 0.458. The summed E-state index contributed by atoms with van der Waals surface area (Å²) in [5.41, 5.74) is 2.40. The normalized spacial score (nSPS) is 18.2. The van der Waals surface area contributed by atoms with E-state index in [1.54, 1.807) is 4.90 Å². The number of benzene rings is 2. The number of hydrogen-bond acceptors (Lipinski definition) is 4. The maximum absolute atomic E-state index is 14.4. The van der Waals surface area contributed by atoms with E-state index in [2.05, 4.69) is 0 Å². The van der Waals surface area contributed by atoms with Gasteiger partial charge in [-0.3, -0.25) is 4.79 Å². The molecule has 172 valence electrons. The van der Waals surface area contributed by atoms with E-state index in [-0.39, 0.29) is 17.6 Å². The van der Waals surface area contributed by atoms with Crippen LogP contribution in [0.2, 0.25) is 0 Å². The molecule has 0 bridgehead atoms. The monoisotopic (exact) mass is 460 g/mol. The molecule has 8 heteroatoms. The molecule has 2 aliphatic rings. The zero-order chi connectivity index (χ0) is 22.9. The molecule has 2 fully saturated rings. The number of carbonyl (C=O) groups excluding carboxylic acids is 1.